The van der Waals surface area contributed by atoms with E-state index < -0.39 is 0 Å². The van der Waals surface area contributed by atoms with Gasteiger partial charge in [-0.2, -0.15) is 10.2 Å². The van der Waals surface area contributed by atoms with Crippen molar-refractivity contribution in [2.45, 2.75) is 25.4 Å². The maximum absolute atomic E-state index is 10.2. The second kappa shape index (κ2) is 4.63. The van der Waals surface area contributed by atoms with E-state index in [4.69, 9.17) is 4.98 Å². The fourth-order valence-electron chi connectivity index (χ4n) is 3.66. The maximum Gasteiger partial charge on any atom is 0.0776 e. The molecular weight excluding hydrogens is 290 g/mol. The molecule has 1 aliphatic carbocycles. The summed E-state index contributed by atoms with van der Waals surface area (Å²) in [7, 11) is 0. The van der Waals surface area contributed by atoms with Crippen molar-refractivity contribution in [3.05, 3.63) is 41.9 Å². The van der Waals surface area contributed by atoms with Gasteiger partial charge in [0.05, 0.1) is 35.2 Å². The Bertz CT molecular complexity index is 1020. The number of pyridine rings is 1. The van der Waals surface area contributed by atoms with Crippen LogP contribution >= 0.6 is 0 Å². The van der Waals surface area contributed by atoms with Crippen LogP contribution in [0.5, 0.6) is 0 Å². The Morgan fingerprint density at radius 2 is 2.09 bits per heavy atom. The molecule has 0 aliphatic heterocycles. The Kier molecular flexibility index (Phi) is 2.57. The Morgan fingerprint density at radius 1 is 1.13 bits per heavy atom. The van der Waals surface area contributed by atoms with E-state index in [2.05, 4.69) is 20.4 Å². The number of nitrogens with zero attached hydrogens (tertiary/aromatic N) is 3. The highest BCUT2D eigenvalue weighted by Crippen LogP contribution is 2.37. The summed E-state index contributed by atoms with van der Waals surface area (Å²) in [4.78, 5) is 4.88. The average Bonchev–Trinajstić information content (AvgIpc) is 3.24. The third-order valence-electron chi connectivity index (χ3n) is 4.73. The monoisotopic (exact) mass is 305 g/mol. The molecule has 23 heavy (non-hydrogen) atoms. The Balaban J connectivity index is 1.93. The Morgan fingerprint density at radius 3 is 2.96 bits per heavy atom. The molecule has 114 valence electrons. The molecule has 6 heteroatoms. The van der Waals surface area contributed by atoms with E-state index in [-0.39, 0.29) is 6.10 Å². The SMILES string of the molecule is OC1CCc2c(c(-c3cn[nH]c3)nc3ccc4[nH]ncc4c23)C1. The molecule has 0 radical (unpaired) electrons. The van der Waals surface area contributed by atoms with Crippen molar-refractivity contribution < 1.29 is 5.11 Å². The van der Waals surface area contributed by atoms with Crippen molar-refractivity contribution in [1.29, 1.82) is 0 Å². The lowest BCUT2D eigenvalue weighted by molar-refractivity contribution is 0.159. The number of aliphatic hydroxyl groups excluding tert-OH is 1. The zero-order chi connectivity index (χ0) is 15.4. The molecule has 1 unspecified atom stereocenters. The van der Waals surface area contributed by atoms with Crippen molar-refractivity contribution in [2.24, 2.45) is 0 Å². The number of aromatic amines is 2. The number of H-pyrrole nitrogens is 2. The summed E-state index contributed by atoms with van der Waals surface area (Å²) in [6, 6.07) is 4.05. The van der Waals surface area contributed by atoms with Gasteiger partial charge in [-0.3, -0.25) is 10.2 Å². The topological polar surface area (TPSA) is 90.5 Å². The molecular formula is C17H15N5O. The highest BCUT2D eigenvalue weighted by Gasteiger charge is 2.25. The van der Waals surface area contributed by atoms with Crippen molar-refractivity contribution in [3.8, 4) is 11.3 Å². The third-order valence-corrected chi connectivity index (χ3v) is 4.73. The minimum absolute atomic E-state index is 0.309. The molecule has 0 saturated heterocycles. The standard InChI is InChI=1S/C17H15N5O/c23-10-1-2-11-12(5-10)17(9-6-18-19-7-9)21-15-4-3-14-13(16(11)15)8-20-22-14/h3-4,6-8,10,23H,1-2,5H2,(H,18,19)(H,20,22). The first-order valence-corrected chi connectivity index (χ1v) is 7.76. The summed E-state index contributed by atoms with van der Waals surface area (Å²) < 4.78 is 0. The predicted molar refractivity (Wildman–Crippen MR) is 87.0 cm³/mol. The first-order valence-electron chi connectivity index (χ1n) is 7.76. The first-order chi connectivity index (χ1) is 11.3. The van der Waals surface area contributed by atoms with Gasteiger partial charge in [0.15, 0.2) is 0 Å². The van der Waals surface area contributed by atoms with Crippen LogP contribution in [0.3, 0.4) is 0 Å². The number of aryl methyl sites for hydroxylation is 1. The molecule has 0 bridgehead atoms. The maximum atomic E-state index is 10.2. The smallest absolute Gasteiger partial charge is 0.0776 e. The molecule has 1 aliphatic rings. The van der Waals surface area contributed by atoms with E-state index in [0.717, 1.165) is 51.5 Å². The molecule has 5 rings (SSSR count). The number of hydrogen-bond donors (Lipinski definition) is 3. The third kappa shape index (κ3) is 1.82. The van der Waals surface area contributed by atoms with Crippen LogP contribution in [0, 0.1) is 0 Å². The van der Waals surface area contributed by atoms with Gasteiger partial charge in [-0.25, -0.2) is 4.98 Å². The number of aromatic nitrogens is 5. The van der Waals surface area contributed by atoms with Crippen molar-refractivity contribution in [1.82, 2.24) is 25.4 Å². The molecule has 1 aromatic carbocycles. The minimum Gasteiger partial charge on any atom is -0.393 e. The van der Waals surface area contributed by atoms with Crippen molar-refractivity contribution in [3.63, 3.8) is 0 Å². The minimum atomic E-state index is -0.309. The summed E-state index contributed by atoms with van der Waals surface area (Å²) in [5, 5.41) is 26.5. The molecule has 1 atom stereocenters. The lowest BCUT2D eigenvalue weighted by Gasteiger charge is -2.24. The van der Waals surface area contributed by atoms with Gasteiger partial charge in [0.1, 0.15) is 0 Å². The zero-order valence-corrected chi connectivity index (χ0v) is 12.4. The van der Waals surface area contributed by atoms with E-state index in [1.165, 1.54) is 5.56 Å². The van der Waals surface area contributed by atoms with Crippen LogP contribution in [0.4, 0.5) is 0 Å². The summed E-state index contributed by atoms with van der Waals surface area (Å²) in [5.41, 5.74) is 6.27. The Hall–Kier alpha value is -2.73. The zero-order valence-electron chi connectivity index (χ0n) is 12.4. The number of hydrogen-bond acceptors (Lipinski definition) is 4. The van der Waals surface area contributed by atoms with Crippen LogP contribution in [0.2, 0.25) is 0 Å². The lowest BCUT2D eigenvalue weighted by atomic mass is 9.84. The number of aliphatic hydroxyl groups is 1. The largest absolute Gasteiger partial charge is 0.393 e. The summed E-state index contributed by atoms with van der Waals surface area (Å²) in [6.45, 7) is 0. The number of benzene rings is 1. The highest BCUT2D eigenvalue weighted by atomic mass is 16.3. The van der Waals surface area contributed by atoms with E-state index in [0.29, 0.717) is 6.42 Å². The van der Waals surface area contributed by atoms with Gasteiger partial charge in [-0.1, -0.05) is 0 Å². The second-order valence-electron chi connectivity index (χ2n) is 6.09. The fourth-order valence-corrected chi connectivity index (χ4v) is 3.66. The normalized spacial score (nSPS) is 17.7. The molecule has 0 fully saturated rings. The molecule has 6 nitrogen and oxygen atoms in total. The van der Waals surface area contributed by atoms with Gasteiger partial charge in [0, 0.05) is 29.0 Å². The summed E-state index contributed by atoms with van der Waals surface area (Å²) in [6.07, 6.45) is 7.46. The fraction of sp³-hybridized carbons (Fsp3) is 0.235. The Labute approximate surface area is 131 Å². The van der Waals surface area contributed by atoms with Crippen LogP contribution in [0.15, 0.2) is 30.7 Å². The van der Waals surface area contributed by atoms with E-state index in [1.807, 2.05) is 24.5 Å². The number of nitrogens with one attached hydrogen (secondary N) is 2. The van der Waals surface area contributed by atoms with Gasteiger partial charge in [0.25, 0.3) is 0 Å². The van der Waals surface area contributed by atoms with Gasteiger partial charge in [-0.15, -0.1) is 0 Å². The first kappa shape index (κ1) is 12.8. The molecule has 4 aromatic rings. The van der Waals surface area contributed by atoms with Crippen LogP contribution in [-0.4, -0.2) is 36.6 Å². The molecule has 3 N–H and O–H groups in total. The van der Waals surface area contributed by atoms with Crippen LogP contribution < -0.4 is 0 Å². The van der Waals surface area contributed by atoms with Crippen LogP contribution in [-0.2, 0) is 12.8 Å². The number of rotatable bonds is 1. The number of fused-ring (bicyclic) bond motifs is 5. The van der Waals surface area contributed by atoms with Gasteiger partial charge < -0.3 is 5.11 Å². The molecule has 3 heterocycles. The predicted octanol–water partition coefficient (Wildman–Crippen LogP) is 2.35. The second-order valence-corrected chi connectivity index (χ2v) is 6.09. The van der Waals surface area contributed by atoms with E-state index >= 15 is 0 Å². The van der Waals surface area contributed by atoms with E-state index in [9.17, 15) is 5.11 Å². The molecule has 0 spiro atoms. The summed E-state index contributed by atoms with van der Waals surface area (Å²) in [5.74, 6) is 0. The van der Waals surface area contributed by atoms with Gasteiger partial charge >= 0.3 is 0 Å². The molecule has 0 saturated carbocycles. The quantitative estimate of drug-likeness (QED) is 0.503. The van der Waals surface area contributed by atoms with Gasteiger partial charge in [0.2, 0.25) is 0 Å². The molecule has 3 aromatic heterocycles. The molecule has 0 amide bonds. The average molecular weight is 305 g/mol. The van der Waals surface area contributed by atoms with Crippen LogP contribution in [0.25, 0.3) is 33.1 Å². The van der Waals surface area contributed by atoms with Crippen molar-refractivity contribution >= 4 is 21.8 Å². The summed E-state index contributed by atoms with van der Waals surface area (Å²) >= 11 is 0. The van der Waals surface area contributed by atoms with Gasteiger partial charge in [-0.05, 0) is 36.1 Å². The lowest BCUT2D eigenvalue weighted by Crippen LogP contribution is -2.20. The van der Waals surface area contributed by atoms with E-state index in [1.54, 1.807) is 6.20 Å². The van der Waals surface area contributed by atoms with Crippen molar-refractivity contribution in [2.75, 3.05) is 0 Å². The van der Waals surface area contributed by atoms with Crippen LogP contribution in [0.1, 0.15) is 17.5 Å². The highest BCUT2D eigenvalue weighted by molar-refractivity contribution is 6.07.